The Hall–Kier alpha value is -0.610. The van der Waals surface area contributed by atoms with Crippen molar-refractivity contribution < 1.29 is 9.53 Å². The van der Waals surface area contributed by atoms with Crippen LogP contribution in [0.25, 0.3) is 0 Å². The molecule has 1 unspecified atom stereocenters. The van der Waals surface area contributed by atoms with E-state index >= 15 is 0 Å². The normalized spacial score (nSPS) is 21.7. The van der Waals surface area contributed by atoms with Gasteiger partial charge >= 0.3 is 0 Å². The van der Waals surface area contributed by atoms with E-state index in [9.17, 15) is 4.79 Å². The topological polar surface area (TPSA) is 50.4 Å². The molecule has 1 amide bonds. The van der Waals surface area contributed by atoms with Crippen molar-refractivity contribution in [3.05, 3.63) is 0 Å². The van der Waals surface area contributed by atoms with Crippen LogP contribution in [0, 0.1) is 0 Å². The van der Waals surface area contributed by atoms with Gasteiger partial charge in [-0.2, -0.15) is 0 Å². The predicted octanol–water partition coefficient (Wildman–Crippen LogP) is 0.670. The molecule has 0 spiro atoms. The zero-order chi connectivity index (χ0) is 11.1. The molecule has 1 aliphatic rings. The Balaban J connectivity index is 2.05. The molecule has 0 aliphatic carbocycles. The third kappa shape index (κ3) is 5.74. The molecule has 0 aromatic rings. The van der Waals surface area contributed by atoms with Gasteiger partial charge in [-0.05, 0) is 33.2 Å². The molecule has 1 rings (SSSR count). The number of piperidine rings is 1. The van der Waals surface area contributed by atoms with Gasteiger partial charge in [-0.15, -0.1) is 0 Å². The molecule has 1 aliphatic heterocycles. The largest absolute Gasteiger partial charge is 0.369 e. The summed E-state index contributed by atoms with van der Waals surface area (Å²) in [4.78, 5) is 11.3. The van der Waals surface area contributed by atoms with Crippen LogP contribution >= 0.6 is 0 Å². The number of carbonyl (C=O) groups is 1. The molecule has 0 aromatic carbocycles. The summed E-state index contributed by atoms with van der Waals surface area (Å²) in [5, 5.41) is 6.27. The zero-order valence-corrected chi connectivity index (χ0v) is 9.71. The van der Waals surface area contributed by atoms with Crippen LogP contribution in [-0.4, -0.2) is 37.7 Å². The summed E-state index contributed by atoms with van der Waals surface area (Å²) < 4.78 is 5.21. The molecule has 0 radical (unpaired) electrons. The van der Waals surface area contributed by atoms with E-state index in [2.05, 4.69) is 10.6 Å². The summed E-state index contributed by atoms with van der Waals surface area (Å²) in [5.41, 5.74) is 0. The van der Waals surface area contributed by atoms with Gasteiger partial charge in [0.1, 0.15) is 6.61 Å². The van der Waals surface area contributed by atoms with Crippen LogP contribution in [0.5, 0.6) is 0 Å². The van der Waals surface area contributed by atoms with E-state index in [0.717, 1.165) is 19.5 Å². The number of rotatable bonds is 5. The number of amides is 1. The molecule has 0 aromatic heterocycles. The Morgan fingerprint density at radius 2 is 2.33 bits per heavy atom. The van der Waals surface area contributed by atoms with E-state index in [0.29, 0.717) is 6.04 Å². The molecule has 1 saturated heterocycles. The summed E-state index contributed by atoms with van der Waals surface area (Å²) in [6.07, 6.45) is 3.78. The van der Waals surface area contributed by atoms with Crippen molar-refractivity contribution in [3.8, 4) is 0 Å². The third-order valence-electron chi connectivity index (χ3n) is 2.51. The number of hydrogen-bond donors (Lipinski definition) is 2. The van der Waals surface area contributed by atoms with Crippen molar-refractivity contribution >= 4 is 5.91 Å². The highest BCUT2D eigenvalue weighted by atomic mass is 16.5. The van der Waals surface area contributed by atoms with E-state index in [1.165, 1.54) is 12.8 Å². The van der Waals surface area contributed by atoms with Crippen molar-refractivity contribution in [2.24, 2.45) is 0 Å². The van der Waals surface area contributed by atoms with Crippen LogP contribution in [0.2, 0.25) is 0 Å². The fourth-order valence-corrected chi connectivity index (χ4v) is 1.63. The lowest BCUT2D eigenvalue weighted by Gasteiger charge is -2.23. The number of hydrogen-bond acceptors (Lipinski definition) is 3. The van der Waals surface area contributed by atoms with Gasteiger partial charge in [0.05, 0.1) is 6.10 Å². The third-order valence-corrected chi connectivity index (χ3v) is 2.51. The lowest BCUT2D eigenvalue weighted by Crippen LogP contribution is -2.44. The molecular formula is C11H22N2O2. The second-order valence-corrected chi connectivity index (χ2v) is 4.31. The maximum atomic E-state index is 11.3. The van der Waals surface area contributed by atoms with E-state index < -0.39 is 0 Å². The molecule has 1 atom stereocenters. The molecule has 0 saturated carbocycles. The van der Waals surface area contributed by atoms with Gasteiger partial charge in [0.25, 0.3) is 0 Å². The van der Waals surface area contributed by atoms with Crippen molar-refractivity contribution in [3.63, 3.8) is 0 Å². The standard InChI is InChI=1S/C11H22N2O2/c1-9(2)15-8-11(14)13-7-10-5-3-4-6-12-10/h9-10,12H,3-8H2,1-2H3,(H,13,14). The molecule has 88 valence electrons. The highest BCUT2D eigenvalue weighted by Gasteiger charge is 2.13. The highest BCUT2D eigenvalue weighted by Crippen LogP contribution is 2.05. The quantitative estimate of drug-likeness (QED) is 0.707. The van der Waals surface area contributed by atoms with Gasteiger partial charge in [-0.25, -0.2) is 0 Å². The number of nitrogens with one attached hydrogen (secondary N) is 2. The Morgan fingerprint density at radius 1 is 1.53 bits per heavy atom. The maximum absolute atomic E-state index is 11.3. The smallest absolute Gasteiger partial charge is 0.246 e. The monoisotopic (exact) mass is 214 g/mol. The average molecular weight is 214 g/mol. The fourth-order valence-electron chi connectivity index (χ4n) is 1.63. The minimum atomic E-state index is -0.0175. The first-order valence-electron chi connectivity index (χ1n) is 5.80. The molecule has 1 heterocycles. The molecule has 1 fully saturated rings. The van der Waals surface area contributed by atoms with Crippen LogP contribution in [0.4, 0.5) is 0 Å². The highest BCUT2D eigenvalue weighted by molar-refractivity contribution is 5.77. The Kier molecular flexibility index (Phi) is 5.65. The van der Waals surface area contributed by atoms with Crippen molar-refractivity contribution in [1.82, 2.24) is 10.6 Å². The summed E-state index contributed by atoms with van der Waals surface area (Å²) in [7, 11) is 0. The van der Waals surface area contributed by atoms with Crippen LogP contribution in [0.3, 0.4) is 0 Å². The van der Waals surface area contributed by atoms with Crippen molar-refractivity contribution in [2.75, 3.05) is 19.7 Å². The summed E-state index contributed by atoms with van der Waals surface area (Å²) in [6.45, 7) is 5.82. The molecule has 2 N–H and O–H groups in total. The number of ether oxygens (including phenoxy) is 1. The molecule has 4 heteroatoms. The predicted molar refractivity (Wildman–Crippen MR) is 59.7 cm³/mol. The van der Waals surface area contributed by atoms with Crippen molar-refractivity contribution in [1.29, 1.82) is 0 Å². The van der Waals surface area contributed by atoms with Gasteiger partial charge in [0.2, 0.25) is 5.91 Å². The lowest BCUT2D eigenvalue weighted by molar-refractivity contribution is -0.127. The molecular weight excluding hydrogens is 192 g/mol. The van der Waals surface area contributed by atoms with E-state index in [-0.39, 0.29) is 18.6 Å². The second kappa shape index (κ2) is 6.80. The van der Waals surface area contributed by atoms with Gasteiger partial charge in [-0.1, -0.05) is 6.42 Å². The molecule has 4 nitrogen and oxygen atoms in total. The first-order valence-corrected chi connectivity index (χ1v) is 5.80. The SMILES string of the molecule is CC(C)OCC(=O)NCC1CCCCN1. The summed E-state index contributed by atoms with van der Waals surface area (Å²) in [6, 6.07) is 0.446. The van der Waals surface area contributed by atoms with Gasteiger partial charge in [0.15, 0.2) is 0 Å². The summed E-state index contributed by atoms with van der Waals surface area (Å²) >= 11 is 0. The van der Waals surface area contributed by atoms with E-state index in [4.69, 9.17) is 4.74 Å². The Morgan fingerprint density at radius 3 is 2.93 bits per heavy atom. The number of carbonyl (C=O) groups excluding carboxylic acids is 1. The average Bonchev–Trinajstić information content (AvgIpc) is 2.25. The van der Waals surface area contributed by atoms with Crippen LogP contribution in [0.15, 0.2) is 0 Å². The molecule has 15 heavy (non-hydrogen) atoms. The second-order valence-electron chi connectivity index (χ2n) is 4.31. The van der Waals surface area contributed by atoms with Gasteiger partial charge in [-0.3, -0.25) is 4.79 Å². The minimum Gasteiger partial charge on any atom is -0.369 e. The van der Waals surface area contributed by atoms with E-state index in [1.54, 1.807) is 0 Å². The maximum Gasteiger partial charge on any atom is 0.246 e. The first kappa shape index (κ1) is 12.5. The van der Waals surface area contributed by atoms with Crippen LogP contribution in [-0.2, 0) is 9.53 Å². The first-order chi connectivity index (χ1) is 7.18. The lowest BCUT2D eigenvalue weighted by atomic mass is 10.1. The van der Waals surface area contributed by atoms with Gasteiger partial charge in [0, 0.05) is 12.6 Å². The zero-order valence-electron chi connectivity index (χ0n) is 9.71. The Bertz CT molecular complexity index is 189. The van der Waals surface area contributed by atoms with Gasteiger partial charge < -0.3 is 15.4 Å². The van der Waals surface area contributed by atoms with E-state index in [1.807, 2.05) is 13.8 Å². The van der Waals surface area contributed by atoms with Crippen molar-refractivity contribution in [2.45, 2.75) is 45.3 Å². The summed E-state index contributed by atoms with van der Waals surface area (Å²) in [5.74, 6) is -0.0175. The molecule has 0 bridgehead atoms. The van der Waals surface area contributed by atoms with Crippen LogP contribution < -0.4 is 10.6 Å². The fraction of sp³-hybridized carbons (Fsp3) is 0.909. The van der Waals surface area contributed by atoms with Crippen LogP contribution in [0.1, 0.15) is 33.1 Å². The minimum absolute atomic E-state index is 0.0175. The Labute approximate surface area is 91.8 Å².